The van der Waals surface area contributed by atoms with Crippen molar-refractivity contribution in [2.24, 2.45) is 0 Å². The second-order valence-corrected chi connectivity index (χ2v) is 5.57. The molecule has 0 saturated heterocycles. The number of aromatic nitrogens is 3. The van der Waals surface area contributed by atoms with Crippen molar-refractivity contribution in [1.82, 2.24) is 19.7 Å². The van der Waals surface area contributed by atoms with Gasteiger partial charge in [-0.15, -0.1) is 0 Å². The zero-order chi connectivity index (χ0) is 18.6. The van der Waals surface area contributed by atoms with E-state index in [1.807, 2.05) is 13.8 Å². The van der Waals surface area contributed by atoms with Gasteiger partial charge in [-0.1, -0.05) is 6.92 Å². The first-order chi connectivity index (χ1) is 11.9. The van der Waals surface area contributed by atoms with Crippen LogP contribution < -0.4 is 21.3 Å². The van der Waals surface area contributed by atoms with Crippen LogP contribution in [0, 0.1) is 0 Å². The van der Waals surface area contributed by atoms with E-state index >= 15 is 0 Å². The lowest BCUT2D eigenvalue weighted by Gasteiger charge is -2.13. The van der Waals surface area contributed by atoms with Crippen LogP contribution in [0.5, 0.6) is 5.75 Å². The topological polar surface area (TPSA) is 95.2 Å². The van der Waals surface area contributed by atoms with Crippen LogP contribution in [-0.4, -0.2) is 33.4 Å². The van der Waals surface area contributed by atoms with E-state index in [9.17, 15) is 14.4 Å². The van der Waals surface area contributed by atoms with E-state index in [2.05, 4.69) is 10.4 Å². The standard InChI is InChI=1S/C17H22N4O4/c1-5-11(3)18-15(22)14-16(23)20(6-2)17(24)21(19-14)12-7-9-13(25-4)10-8-12/h7-11H,5-6H2,1-4H3,(H,18,22). The molecule has 0 aliphatic rings. The fraction of sp³-hybridized carbons (Fsp3) is 0.412. The van der Waals surface area contributed by atoms with Crippen LogP contribution in [0.2, 0.25) is 0 Å². The maximum absolute atomic E-state index is 12.5. The lowest BCUT2D eigenvalue weighted by Crippen LogP contribution is -2.46. The average Bonchev–Trinajstić information content (AvgIpc) is 2.62. The zero-order valence-electron chi connectivity index (χ0n) is 14.8. The Morgan fingerprint density at radius 2 is 1.88 bits per heavy atom. The number of nitrogens with one attached hydrogen (secondary N) is 1. The van der Waals surface area contributed by atoms with Crippen LogP contribution >= 0.6 is 0 Å². The Balaban J connectivity index is 2.60. The molecule has 0 bridgehead atoms. The molecule has 0 aliphatic heterocycles. The number of hydrogen-bond donors (Lipinski definition) is 1. The summed E-state index contributed by atoms with van der Waals surface area (Å²) in [6.07, 6.45) is 0.714. The molecule has 0 spiro atoms. The minimum Gasteiger partial charge on any atom is -0.497 e. The molecule has 1 aromatic heterocycles. The van der Waals surface area contributed by atoms with E-state index in [0.29, 0.717) is 17.9 Å². The number of benzene rings is 1. The lowest BCUT2D eigenvalue weighted by atomic mass is 10.2. The van der Waals surface area contributed by atoms with Crippen molar-refractivity contribution in [3.05, 3.63) is 50.8 Å². The molecule has 0 radical (unpaired) electrons. The predicted octanol–water partition coefficient (Wildman–Crippen LogP) is 0.951. The maximum atomic E-state index is 12.5. The van der Waals surface area contributed by atoms with Crippen molar-refractivity contribution in [3.8, 4) is 11.4 Å². The Morgan fingerprint density at radius 1 is 1.24 bits per heavy atom. The molecule has 1 N–H and O–H groups in total. The van der Waals surface area contributed by atoms with Crippen LogP contribution in [0.1, 0.15) is 37.7 Å². The molecule has 0 fully saturated rings. The van der Waals surface area contributed by atoms with Crippen molar-refractivity contribution in [1.29, 1.82) is 0 Å². The number of rotatable bonds is 6. The maximum Gasteiger partial charge on any atom is 0.352 e. The molecule has 8 nitrogen and oxygen atoms in total. The summed E-state index contributed by atoms with van der Waals surface area (Å²) >= 11 is 0. The summed E-state index contributed by atoms with van der Waals surface area (Å²) in [5, 5.41) is 6.72. The van der Waals surface area contributed by atoms with Gasteiger partial charge in [-0.2, -0.15) is 9.78 Å². The van der Waals surface area contributed by atoms with Gasteiger partial charge in [0.15, 0.2) is 0 Å². The van der Waals surface area contributed by atoms with Gasteiger partial charge in [0.25, 0.3) is 11.5 Å². The lowest BCUT2D eigenvalue weighted by molar-refractivity contribution is 0.0929. The summed E-state index contributed by atoms with van der Waals surface area (Å²) in [6.45, 7) is 5.55. The van der Waals surface area contributed by atoms with Crippen LogP contribution in [-0.2, 0) is 6.54 Å². The summed E-state index contributed by atoms with van der Waals surface area (Å²) < 4.78 is 7.13. The van der Waals surface area contributed by atoms with Crippen LogP contribution in [0.15, 0.2) is 33.9 Å². The summed E-state index contributed by atoms with van der Waals surface area (Å²) in [7, 11) is 1.54. The minimum atomic E-state index is -0.696. The van der Waals surface area contributed by atoms with Gasteiger partial charge in [0.2, 0.25) is 5.69 Å². The smallest absolute Gasteiger partial charge is 0.352 e. The third-order valence-electron chi connectivity index (χ3n) is 3.90. The van der Waals surface area contributed by atoms with E-state index in [4.69, 9.17) is 4.74 Å². The Morgan fingerprint density at radius 3 is 2.40 bits per heavy atom. The molecule has 1 unspecified atom stereocenters. The highest BCUT2D eigenvalue weighted by Gasteiger charge is 2.20. The van der Waals surface area contributed by atoms with E-state index in [0.717, 1.165) is 9.25 Å². The Kier molecular flexibility index (Phi) is 5.74. The molecular formula is C17H22N4O4. The molecule has 8 heteroatoms. The molecule has 1 aromatic carbocycles. The monoisotopic (exact) mass is 346 g/mol. The number of carbonyl (C=O) groups excluding carboxylic acids is 1. The number of hydrogen-bond acceptors (Lipinski definition) is 5. The Labute approximate surface area is 145 Å². The van der Waals surface area contributed by atoms with Gasteiger partial charge < -0.3 is 10.1 Å². The average molecular weight is 346 g/mol. The van der Waals surface area contributed by atoms with Gasteiger partial charge >= 0.3 is 5.69 Å². The van der Waals surface area contributed by atoms with Crippen molar-refractivity contribution in [2.45, 2.75) is 39.8 Å². The SMILES string of the molecule is CCC(C)NC(=O)c1nn(-c2ccc(OC)cc2)c(=O)n(CC)c1=O. The van der Waals surface area contributed by atoms with E-state index in [1.165, 1.54) is 7.11 Å². The number of amides is 1. The molecule has 0 saturated carbocycles. The van der Waals surface area contributed by atoms with E-state index in [1.54, 1.807) is 31.2 Å². The number of methoxy groups -OCH3 is 1. The van der Waals surface area contributed by atoms with Crippen molar-refractivity contribution < 1.29 is 9.53 Å². The molecule has 2 aromatic rings. The molecular weight excluding hydrogens is 324 g/mol. The summed E-state index contributed by atoms with van der Waals surface area (Å²) in [6, 6.07) is 6.50. The van der Waals surface area contributed by atoms with Crippen molar-refractivity contribution in [2.75, 3.05) is 7.11 Å². The second kappa shape index (κ2) is 7.78. The Bertz CT molecular complexity index is 868. The first kappa shape index (κ1) is 18.4. The van der Waals surface area contributed by atoms with Gasteiger partial charge in [0, 0.05) is 12.6 Å². The predicted molar refractivity (Wildman–Crippen MR) is 93.5 cm³/mol. The van der Waals surface area contributed by atoms with Crippen LogP contribution in [0.3, 0.4) is 0 Å². The molecule has 2 rings (SSSR count). The second-order valence-electron chi connectivity index (χ2n) is 5.57. The first-order valence-electron chi connectivity index (χ1n) is 8.12. The van der Waals surface area contributed by atoms with Gasteiger partial charge in [-0.05, 0) is 44.5 Å². The molecule has 1 heterocycles. The third kappa shape index (κ3) is 3.78. The number of ether oxygens (including phenoxy) is 1. The number of carbonyl (C=O) groups is 1. The fourth-order valence-electron chi connectivity index (χ4n) is 2.22. The van der Waals surface area contributed by atoms with Crippen LogP contribution in [0.4, 0.5) is 0 Å². The van der Waals surface area contributed by atoms with Crippen LogP contribution in [0.25, 0.3) is 5.69 Å². The number of nitrogens with zero attached hydrogens (tertiary/aromatic N) is 3. The van der Waals surface area contributed by atoms with Gasteiger partial charge in [-0.3, -0.25) is 14.2 Å². The summed E-state index contributed by atoms with van der Waals surface area (Å²) in [5.74, 6) is 0.0270. The minimum absolute atomic E-state index is 0.106. The molecule has 25 heavy (non-hydrogen) atoms. The normalized spacial score (nSPS) is 11.8. The molecule has 0 aliphatic carbocycles. The van der Waals surface area contributed by atoms with E-state index < -0.39 is 17.2 Å². The van der Waals surface area contributed by atoms with Gasteiger partial charge in [-0.25, -0.2) is 4.79 Å². The fourth-order valence-corrected chi connectivity index (χ4v) is 2.22. The highest BCUT2D eigenvalue weighted by Crippen LogP contribution is 2.12. The van der Waals surface area contributed by atoms with E-state index in [-0.39, 0.29) is 18.3 Å². The molecule has 1 atom stereocenters. The highest BCUT2D eigenvalue weighted by molar-refractivity contribution is 5.91. The molecule has 134 valence electrons. The first-order valence-corrected chi connectivity index (χ1v) is 8.12. The van der Waals surface area contributed by atoms with Crippen molar-refractivity contribution >= 4 is 5.91 Å². The van der Waals surface area contributed by atoms with Crippen molar-refractivity contribution in [3.63, 3.8) is 0 Å². The van der Waals surface area contributed by atoms with Gasteiger partial charge in [0.1, 0.15) is 5.75 Å². The summed E-state index contributed by atoms with van der Waals surface area (Å²) in [4.78, 5) is 37.3. The highest BCUT2D eigenvalue weighted by atomic mass is 16.5. The summed E-state index contributed by atoms with van der Waals surface area (Å²) in [5.41, 5.74) is -1.17. The Hall–Kier alpha value is -2.90. The molecule has 1 amide bonds. The largest absolute Gasteiger partial charge is 0.497 e. The zero-order valence-corrected chi connectivity index (χ0v) is 14.8. The third-order valence-corrected chi connectivity index (χ3v) is 3.90. The van der Waals surface area contributed by atoms with Gasteiger partial charge in [0.05, 0.1) is 12.8 Å². The quantitative estimate of drug-likeness (QED) is 0.840.